The molecule has 0 bridgehead atoms. The van der Waals surface area contributed by atoms with Crippen LogP contribution in [0.25, 0.3) is 6.08 Å². The standard InChI is InChI=1S/C17H19N3O3/c1-4-20-16(22)14(15(21)18-17(20)23)7-5-6-12-8-10-13(11-9-12)19(2)3/h5-11H,4H2,1-3H3,(H,18,21,23)/b6-5+,14-7+. The van der Waals surface area contributed by atoms with Gasteiger partial charge < -0.3 is 4.90 Å². The highest BCUT2D eigenvalue weighted by Gasteiger charge is 2.34. The molecule has 0 unspecified atom stereocenters. The van der Waals surface area contributed by atoms with Crippen LogP contribution in [0.4, 0.5) is 10.5 Å². The third-order valence-corrected chi connectivity index (χ3v) is 3.46. The monoisotopic (exact) mass is 313 g/mol. The van der Waals surface area contributed by atoms with Crippen LogP contribution >= 0.6 is 0 Å². The molecule has 1 aromatic carbocycles. The third-order valence-electron chi connectivity index (χ3n) is 3.46. The van der Waals surface area contributed by atoms with Crippen LogP contribution in [0.5, 0.6) is 0 Å². The van der Waals surface area contributed by atoms with Crippen LogP contribution in [0, 0.1) is 0 Å². The van der Waals surface area contributed by atoms with Gasteiger partial charge in [0.1, 0.15) is 5.57 Å². The molecule has 1 fully saturated rings. The number of carbonyl (C=O) groups excluding carboxylic acids is 3. The molecule has 0 saturated carbocycles. The maximum absolute atomic E-state index is 12.1. The van der Waals surface area contributed by atoms with E-state index in [1.807, 2.05) is 43.3 Å². The largest absolute Gasteiger partial charge is 0.378 e. The molecule has 2 rings (SSSR count). The minimum absolute atomic E-state index is 0.0485. The molecule has 0 aromatic heterocycles. The van der Waals surface area contributed by atoms with Crippen molar-refractivity contribution in [2.24, 2.45) is 0 Å². The number of barbiturate groups is 1. The molecule has 6 heteroatoms. The first-order chi connectivity index (χ1) is 10.9. The summed E-state index contributed by atoms with van der Waals surface area (Å²) in [6.07, 6.45) is 4.84. The van der Waals surface area contributed by atoms with Crippen molar-refractivity contribution in [2.75, 3.05) is 25.5 Å². The quantitative estimate of drug-likeness (QED) is 0.679. The Hall–Kier alpha value is -2.89. The highest BCUT2D eigenvalue weighted by Crippen LogP contribution is 2.14. The van der Waals surface area contributed by atoms with Crippen molar-refractivity contribution in [1.29, 1.82) is 0 Å². The first-order valence-corrected chi connectivity index (χ1v) is 7.27. The van der Waals surface area contributed by atoms with Gasteiger partial charge in [0.2, 0.25) is 0 Å². The second kappa shape index (κ2) is 6.91. The summed E-state index contributed by atoms with van der Waals surface area (Å²) in [6.45, 7) is 1.89. The van der Waals surface area contributed by atoms with Gasteiger partial charge in [-0.05, 0) is 30.7 Å². The molecule has 0 aliphatic carbocycles. The number of rotatable bonds is 4. The molecule has 1 N–H and O–H groups in total. The van der Waals surface area contributed by atoms with Gasteiger partial charge in [0.25, 0.3) is 11.8 Å². The van der Waals surface area contributed by atoms with Crippen LogP contribution in [-0.2, 0) is 9.59 Å². The zero-order valence-electron chi connectivity index (χ0n) is 13.4. The number of imide groups is 2. The van der Waals surface area contributed by atoms with Crippen molar-refractivity contribution in [3.8, 4) is 0 Å². The van der Waals surface area contributed by atoms with Crippen LogP contribution < -0.4 is 10.2 Å². The Morgan fingerprint density at radius 1 is 1.13 bits per heavy atom. The van der Waals surface area contributed by atoms with Gasteiger partial charge in [0.15, 0.2) is 0 Å². The predicted molar refractivity (Wildman–Crippen MR) is 88.8 cm³/mol. The lowest BCUT2D eigenvalue weighted by atomic mass is 10.1. The molecule has 0 radical (unpaired) electrons. The molecule has 23 heavy (non-hydrogen) atoms. The number of anilines is 1. The second-order valence-corrected chi connectivity index (χ2v) is 5.23. The summed E-state index contributed by atoms with van der Waals surface area (Å²) in [6, 6.07) is 7.15. The number of hydrogen-bond acceptors (Lipinski definition) is 4. The number of benzene rings is 1. The number of allylic oxidation sites excluding steroid dienone is 2. The number of nitrogens with zero attached hydrogens (tertiary/aromatic N) is 2. The van der Waals surface area contributed by atoms with Gasteiger partial charge in [0.05, 0.1) is 0 Å². The van der Waals surface area contributed by atoms with Gasteiger partial charge in [-0.1, -0.05) is 24.3 Å². The van der Waals surface area contributed by atoms with Gasteiger partial charge in [-0.15, -0.1) is 0 Å². The lowest BCUT2D eigenvalue weighted by Gasteiger charge is -2.24. The molecule has 120 valence electrons. The van der Waals surface area contributed by atoms with E-state index in [0.29, 0.717) is 0 Å². The summed E-state index contributed by atoms with van der Waals surface area (Å²) in [7, 11) is 3.92. The Balaban J connectivity index is 2.16. The molecule has 0 spiro atoms. The average Bonchev–Trinajstić information content (AvgIpc) is 2.51. The summed E-state index contributed by atoms with van der Waals surface area (Å²) in [5.74, 6) is -1.24. The van der Waals surface area contributed by atoms with Crippen LogP contribution in [0.1, 0.15) is 12.5 Å². The van der Waals surface area contributed by atoms with Gasteiger partial charge in [0, 0.05) is 26.3 Å². The lowest BCUT2D eigenvalue weighted by Crippen LogP contribution is -2.53. The fourth-order valence-corrected chi connectivity index (χ4v) is 2.14. The molecule has 6 nitrogen and oxygen atoms in total. The normalized spacial score (nSPS) is 17.1. The third kappa shape index (κ3) is 3.66. The average molecular weight is 313 g/mol. The Bertz CT molecular complexity index is 688. The van der Waals surface area contributed by atoms with Gasteiger partial charge in [-0.3, -0.25) is 19.8 Å². The number of likely N-dealkylation sites (N-methyl/N-ethyl adjacent to an activating group) is 1. The number of hydrogen-bond donors (Lipinski definition) is 1. The molecular formula is C17H19N3O3. The van der Waals surface area contributed by atoms with E-state index in [1.165, 1.54) is 6.08 Å². The Kier molecular flexibility index (Phi) is 4.95. The molecule has 1 saturated heterocycles. The number of carbonyl (C=O) groups is 3. The highest BCUT2D eigenvalue weighted by atomic mass is 16.2. The van der Waals surface area contributed by atoms with Crippen LogP contribution in [-0.4, -0.2) is 43.4 Å². The zero-order chi connectivity index (χ0) is 17.0. The maximum atomic E-state index is 12.1. The van der Waals surface area contributed by atoms with E-state index in [9.17, 15) is 14.4 Å². The zero-order valence-corrected chi connectivity index (χ0v) is 13.4. The van der Waals surface area contributed by atoms with Crippen LogP contribution in [0.2, 0.25) is 0 Å². The van der Waals surface area contributed by atoms with Crippen LogP contribution in [0.3, 0.4) is 0 Å². The fourth-order valence-electron chi connectivity index (χ4n) is 2.14. The highest BCUT2D eigenvalue weighted by molar-refractivity contribution is 6.28. The van der Waals surface area contributed by atoms with Crippen molar-refractivity contribution in [1.82, 2.24) is 10.2 Å². The predicted octanol–water partition coefficient (Wildman–Crippen LogP) is 1.79. The van der Waals surface area contributed by atoms with Crippen LogP contribution in [0.15, 0.2) is 42.0 Å². The molecule has 4 amide bonds. The van der Waals surface area contributed by atoms with E-state index in [2.05, 4.69) is 5.32 Å². The van der Waals surface area contributed by atoms with E-state index in [1.54, 1.807) is 19.1 Å². The molecule has 0 atom stereocenters. The Morgan fingerprint density at radius 2 is 1.78 bits per heavy atom. The minimum atomic E-state index is -0.678. The number of amides is 4. The lowest BCUT2D eigenvalue weighted by molar-refractivity contribution is -0.130. The van der Waals surface area contributed by atoms with E-state index in [4.69, 9.17) is 0 Å². The number of nitrogens with one attached hydrogen (secondary N) is 1. The van der Waals surface area contributed by atoms with E-state index < -0.39 is 17.8 Å². The van der Waals surface area contributed by atoms with Crippen molar-refractivity contribution < 1.29 is 14.4 Å². The molecule has 1 aliphatic heterocycles. The summed E-state index contributed by atoms with van der Waals surface area (Å²) in [5, 5.41) is 2.15. The van der Waals surface area contributed by atoms with Crippen molar-refractivity contribution in [3.05, 3.63) is 47.6 Å². The van der Waals surface area contributed by atoms with Gasteiger partial charge in [-0.2, -0.15) is 0 Å². The topological polar surface area (TPSA) is 69.7 Å². The van der Waals surface area contributed by atoms with E-state index >= 15 is 0 Å². The molecule has 1 heterocycles. The fraction of sp³-hybridized carbons (Fsp3) is 0.235. The number of urea groups is 1. The van der Waals surface area contributed by atoms with Crippen molar-refractivity contribution >= 4 is 29.6 Å². The molecule has 1 aromatic rings. The summed E-state index contributed by atoms with van der Waals surface area (Å²) >= 11 is 0. The van der Waals surface area contributed by atoms with Gasteiger partial charge >= 0.3 is 6.03 Å². The second-order valence-electron chi connectivity index (χ2n) is 5.23. The Morgan fingerprint density at radius 3 is 2.35 bits per heavy atom. The first-order valence-electron chi connectivity index (χ1n) is 7.27. The summed E-state index contributed by atoms with van der Waals surface area (Å²) in [4.78, 5) is 38.3. The SMILES string of the molecule is CCN1C(=O)NC(=O)/C(=C\C=C\c2ccc(N(C)C)cc2)C1=O. The summed E-state index contributed by atoms with van der Waals surface area (Å²) < 4.78 is 0. The summed E-state index contributed by atoms with van der Waals surface area (Å²) in [5.41, 5.74) is 1.98. The van der Waals surface area contributed by atoms with Gasteiger partial charge in [-0.25, -0.2) is 4.79 Å². The maximum Gasteiger partial charge on any atom is 0.331 e. The first kappa shape index (κ1) is 16.5. The minimum Gasteiger partial charge on any atom is -0.378 e. The van der Waals surface area contributed by atoms with Crippen molar-refractivity contribution in [2.45, 2.75) is 6.92 Å². The van der Waals surface area contributed by atoms with Crippen molar-refractivity contribution in [3.63, 3.8) is 0 Å². The van der Waals surface area contributed by atoms with E-state index in [0.717, 1.165) is 16.2 Å². The molecule has 1 aliphatic rings. The Labute approximate surface area is 135 Å². The van der Waals surface area contributed by atoms with E-state index in [-0.39, 0.29) is 12.1 Å². The smallest absolute Gasteiger partial charge is 0.331 e. The molecular weight excluding hydrogens is 294 g/mol.